The standard InChI is InChI=1S/C13H15N/c1-3-10-14-11-4-5-13-8-6-12(2)7-9-13/h3-11H,1-2H3/b5-4-,10-3+,14-11+. The highest BCUT2D eigenvalue weighted by Crippen LogP contribution is 2.04. The number of rotatable bonds is 3. The third-order valence-electron chi connectivity index (χ3n) is 1.77. The van der Waals surface area contributed by atoms with E-state index in [1.165, 1.54) is 11.1 Å². The molecule has 0 unspecified atom stereocenters. The highest BCUT2D eigenvalue weighted by Gasteiger charge is 1.84. The molecule has 0 bridgehead atoms. The van der Waals surface area contributed by atoms with Gasteiger partial charge in [-0.2, -0.15) is 0 Å². The first-order valence-corrected chi connectivity index (χ1v) is 4.70. The first-order valence-electron chi connectivity index (χ1n) is 4.70. The summed E-state index contributed by atoms with van der Waals surface area (Å²) in [4.78, 5) is 4.03. The molecule has 0 atom stereocenters. The number of aryl methyl sites for hydroxylation is 1. The van der Waals surface area contributed by atoms with Gasteiger partial charge in [0.15, 0.2) is 0 Å². The Kier molecular flexibility index (Phi) is 4.42. The molecule has 0 aliphatic carbocycles. The van der Waals surface area contributed by atoms with E-state index in [1.54, 1.807) is 12.4 Å². The second-order valence-corrected chi connectivity index (χ2v) is 3.05. The molecule has 1 aromatic rings. The summed E-state index contributed by atoms with van der Waals surface area (Å²) in [5.74, 6) is 0. The number of benzene rings is 1. The molecule has 0 saturated carbocycles. The van der Waals surface area contributed by atoms with Crippen LogP contribution >= 0.6 is 0 Å². The lowest BCUT2D eigenvalue weighted by Gasteiger charge is -1.92. The van der Waals surface area contributed by atoms with E-state index in [2.05, 4.69) is 36.2 Å². The lowest BCUT2D eigenvalue weighted by molar-refractivity contribution is 1.46. The molecular weight excluding hydrogens is 170 g/mol. The van der Waals surface area contributed by atoms with Gasteiger partial charge >= 0.3 is 0 Å². The number of hydrogen-bond acceptors (Lipinski definition) is 1. The molecule has 14 heavy (non-hydrogen) atoms. The van der Waals surface area contributed by atoms with Crippen LogP contribution in [0, 0.1) is 6.92 Å². The third kappa shape index (κ3) is 3.85. The summed E-state index contributed by atoms with van der Waals surface area (Å²) in [6.45, 7) is 4.03. The normalized spacial score (nSPS) is 12.1. The molecule has 0 radical (unpaired) electrons. The number of allylic oxidation sites excluding steroid dienone is 2. The molecule has 0 aliphatic heterocycles. The molecule has 0 aromatic heterocycles. The van der Waals surface area contributed by atoms with Crippen molar-refractivity contribution in [3.05, 3.63) is 53.7 Å². The van der Waals surface area contributed by atoms with Gasteiger partial charge in [0.05, 0.1) is 0 Å². The van der Waals surface area contributed by atoms with Crippen molar-refractivity contribution in [2.24, 2.45) is 4.99 Å². The zero-order valence-corrected chi connectivity index (χ0v) is 8.64. The van der Waals surface area contributed by atoms with Gasteiger partial charge in [0.1, 0.15) is 0 Å². The van der Waals surface area contributed by atoms with Crippen LogP contribution < -0.4 is 0 Å². The molecule has 0 amide bonds. The fourth-order valence-electron chi connectivity index (χ4n) is 1.02. The summed E-state index contributed by atoms with van der Waals surface area (Å²) >= 11 is 0. The van der Waals surface area contributed by atoms with Crippen molar-refractivity contribution >= 4 is 12.3 Å². The molecule has 0 heterocycles. The van der Waals surface area contributed by atoms with Gasteiger partial charge in [-0.05, 0) is 25.5 Å². The SMILES string of the molecule is C/C=C/N=C/C=C\c1ccc(C)cc1. The van der Waals surface area contributed by atoms with Crippen LogP contribution in [0.1, 0.15) is 18.1 Å². The van der Waals surface area contributed by atoms with E-state index in [9.17, 15) is 0 Å². The first-order chi connectivity index (χ1) is 6.83. The number of aliphatic imine (C=N–C) groups is 1. The number of hydrogen-bond donors (Lipinski definition) is 0. The van der Waals surface area contributed by atoms with E-state index in [0.29, 0.717) is 0 Å². The Balaban J connectivity index is 2.56. The minimum atomic E-state index is 1.20. The highest BCUT2D eigenvalue weighted by molar-refractivity contribution is 5.78. The smallest absolute Gasteiger partial charge is 0.0267 e. The molecule has 72 valence electrons. The summed E-state index contributed by atoms with van der Waals surface area (Å²) < 4.78 is 0. The maximum absolute atomic E-state index is 4.03. The van der Waals surface area contributed by atoms with Crippen LogP contribution in [0.5, 0.6) is 0 Å². The molecule has 1 aromatic carbocycles. The lowest BCUT2D eigenvalue weighted by Crippen LogP contribution is -1.73. The van der Waals surface area contributed by atoms with E-state index >= 15 is 0 Å². The van der Waals surface area contributed by atoms with Crippen molar-refractivity contribution in [2.75, 3.05) is 0 Å². The van der Waals surface area contributed by atoms with Crippen molar-refractivity contribution in [1.29, 1.82) is 0 Å². The topological polar surface area (TPSA) is 12.4 Å². The molecule has 1 rings (SSSR count). The van der Waals surface area contributed by atoms with Crippen LogP contribution in [-0.4, -0.2) is 6.21 Å². The minimum Gasteiger partial charge on any atom is -0.265 e. The maximum atomic E-state index is 4.03. The van der Waals surface area contributed by atoms with Crippen LogP contribution in [0.25, 0.3) is 6.08 Å². The molecular formula is C13H15N. The zero-order chi connectivity index (χ0) is 10.2. The lowest BCUT2D eigenvalue weighted by atomic mass is 10.1. The fourth-order valence-corrected chi connectivity index (χ4v) is 1.02. The van der Waals surface area contributed by atoms with Crippen LogP contribution in [0.3, 0.4) is 0 Å². The van der Waals surface area contributed by atoms with E-state index in [-0.39, 0.29) is 0 Å². The van der Waals surface area contributed by atoms with Crippen molar-refractivity contribution < 1.29 is 0 Å². The van der Waals surface area contributed by atoms with Gasteiger partial charge in [-0.15, -0.1) is 0 Å². The Morgan fingerprint density at radius 3 is 2.50 bits per heavy atom. The summed E-state index contributed by atoms with van der Waals surface area (Å²) in [7, 11) is 0. The summed E-state index contributed by atoms with van der Waals surface area (Å²) in [6.07, 6.45) is 9.41. The van der Waals surface area contributed by atoms with Gasteiger partial charge in [-0.1, -0.05) is 42.0 Å². The van der Waals surface area contributed by atoms with Crippen LogP contribution in [0.2, 0.25) is 0 Å². The van der Waals surface area contributed by atoms with Gasteiger partial charge in [-0.3, -0.25) is 4.99 Å². The van der Waals surface area contributed by atoms with Crippen LogP contribution in [0.4, 0.5) is 0 Å². The third-order valence-corrected chi connectivity index (χ3v) is 1.77. The first kappa shape index (κ1) is 10.5. The molecule has 1 heteroatoms. The Labute approximate surface area is 85.5 Å². The van der Waals surface area contributed by atoms with Crippen molar-refractivity contribution in [1.82, 2.24) is 0 Å². The average molecular weight is 185 g/mol. The van der Waals surface area contributed by atoms with E-state index in [0.717, 1.165) is 0 Å². The monoisotopic (exact) mass is 185 g/mol. The van der Waals surface area contributed by atoms with E-state index in [1.807, 2.05) is 25.2 Å². The van der Waals surface area contributed by atoms with E-state index in [4.69, 9.17) is 0 Å². The predicted molar refractivity (Wildman–Crippen MR) is 63.5 cm³/mol. The Morgan fingerprint density at radius 1 is 1.14 bits per heavy atom. The van der Waals surface area contributed by atoms with Gasteiger partial charge in [0, 0.05) is 12.4 Å². The quantitative estimate of drug-likeness (QED) is 0.638. The Hall–Kier alpha value is -1.63. The van der Waals surface area contributed by atoms with Crippen molar-refractivity contribution in [3.8, 4) is 0 Å². The van der Waals surface area contributed by atoms with Gasteiger partial charge in [-0.25, -0.2) is 0 Å². The molecule has 0 spiro atoms. The molecule has 1 nitrogen and oxygen atoms in total. The van der Waals surface area contributed by atoms with E-state index < -0.39 is 0 Å². The van der Waals surface area contributed by atoms with Gasteiger partial charge < -0.3 is 0 Å². The summed E-state index contributed by atoms with van der Waals surface area (Å²) in [6, 6.07) is 8.39. The summed E-state index contributed by atoms with van der Waals surface area (Å²) in [5.41, 5.74) is 2.48. The van der Waals surface area contributed by atoms with Crippen molar-refractivity contribution in [2.45, 2.75) is 13.8 Å². The number of nitrogens with zero attached hydrogens (tertiary/aromatic N) is 1. The molecule has 0 fully saturated rings. The average Bonchev–Trinajstić information content (AvgIpc) is 2.21. The van der Waals surface area contributed by atoms with Gasteiger partial charge in [0.25, 0.3) is 0 Å². The Morgan fingerprint density at radius 2 is 1.86 bits per heavy atom. The molecule has 0 N–H and O–H groups in total. The largest absolute Gasteiger partial charge is 0.265 e. The molecule has 0 saturated heterocycles. The maximum Gasteiger partial charge on any atom is 0.0267 e. The van der Waals surface area contributed by atoms with Crippen molar-refractivity contribution in [3.63, 3.8) is 0 Å². The highest BCUT2D eigenvalue weighted by atomic mass is 14.6. The zero-order valence-electron chi connectivity index (χ0n) is 8.64. The second-order valence-electron chi connectivity index (χ2n) is 3.05. The summed E-state index contributed by atoms with van der Waals surface area (Å²) in [5, 5.41) is 0. The van der Waals surface area contributed by atoms with Crippen LogP contribution in [-0.2, 0) is 0 Å². The second kappa shape index (κ2) is 5.92. The molecule has 0 aliphatic rings. The minimum absolute atomic E-state index is 1.20. The van der Waals surface area contributed by atoms with Crippen LogP contribution in [0.15, 0.2) is 47.6 Å². The fraction of sp³-hybridized carbons (Fsp3) is 0.154. The predicted octanol–water partition coefficient (Wildman–Crippen LogP) is 3.61. The van der Waals surface area contributed by atoms with Gasteiger partial charge in [0.2, 0.25) is 0 Å². The Bertz CT molecular complexity index is 342.